The van der Waals surface area contributed by atoms with Gasteiger partial charge in [0.1, 0.15) is 0 Å². The SMILES string of the molecule is O=C(c1ccc2c(c1)CNCC2)N1CCCCC1CCO. The van der Waals surface area contributed by atoms with Gasteiger partial charge in [0.25, 0.3) is 5.91 Å². The third-order valence-corrected chi connectivity index (χ3v) is 4.69. The van der Waals surface area contributed by atoms with Crippen LogP contribution in [0.2, 0.25) is 0 Å². The zero-order chi connectivity index (χ0) is 14.7. The van der Waals surface area contributed by atoms with E-state index in [2.05, 4.69) is 17.4 Å². The van der Waals surface area contributed by atoms with Crippen molar-refractivity contribution in [3.05, 3.63) is 34.9 Å². The Balaban J connectivity index is 1.80. The van der Waals surface area contributed by atoms with Crippen molar-refractivity contribution in [3.63, 3.8) is 0 Å². The molecule has 0 radical (unpaired) electrons. The largest absolute Gasteiger partial charge is 0.396 e. The quantitative estimate of drug-likeness (QED) is 0.890. The first-order chi connectivity index (χ1) is 10.3. The fourth-order valence-corrected chi connectivity index (χ4v) is 3.50. The number of carbonyl (C=O) groups excluding carboxylic acids is 1. The number of fused-ring (bicyclic) bond motifs is 1. The summed E-state index contributed by atoms with van der Waals surface area (Å²) in [5.74, 6) is 0.126. The highest BCUT2D eigenvalue weighted by Crippen LogP contribution is 2.23. The molecule has 1 aromatic carbocycles. The summed E-state index contributed by atoms with van der Waals surface area (Å²) in [7, 11) is 0. The van der Waals surface area contributed by atoms with Gasteiger partial charge in [-0.25, -0.2) is 0 Å². The number of piperidine rings is 1. The molecule has 0 aromatic heterocycles. The number of benzene rings is 1. The third-order valence-electron chi connectivity index (χ3n) is 4.69. The van der Waals surface area contributed by atoms with Gasteiger partial charge in [-0.1, -0.05) is 6.07 Å². The van der Waals surface area contributed by atoms with Crippen LogP contribution in [0, 0.1) is 0 Å². The number of likely N-dealkylation sites (tertiary alicyclic amines) is 1. The molecular weight excluding hydrogens is 264 g/mol. The van der Waals surface area contributed by atoms with E-state index in [9.17, 15) is 9.90 Å². The molecule has 1 saturated heterocycles. The van der Waals surface area contributed by atoms with Crippen molar-refractivity contribution in [3.8, 4) is 0 Å². The average Bonchev–Trinajstić information content (AvgIpc) is 2.54. The Morgan fingerprint density at radius 3 is 3.10 bits per heavy atom. The molecule has 3 rings (SSSR count). The van der Waals surface area contributed by atoms with Crippen LogP contribution in [-0.4, -0.2) is 41.7 Å². The van der Waals surface area contributed by atoms with Gasteiger partial charge in [0.15, 0.2) is 0 Å². The van der Waals surface area contributed by atoms with Gasteiger partial charge in [0, 0.05) is 31.3 Å². The molecule has 21 heavy (non-hydrogen) atoms. The lowest BCUT2D eigenvalue weighted by molar-refractivity contribution is 0.0574. The highest BCUT2D eigenvalue weighted by molar-refractivity contribution is 5.94. The number of aliphatic hydroxyl groups is 1. The van der Waals surface area contributed by atoms with Gasteiger partial charge in [-0.05, 0) is 61.9 Å². The zero-order valence-corrected chi connectivity index (χ0v) is 12.5. The predicted octanol–water partition coefficient (Wildman–Crippen LogP) is 1.71. The molecule has 0 spiro atoms. The van der Waals surface area contributed by atoms with E-state index in [-0.39, 0.29) is 18.6 Å². The number of aliphatic hydroxyl groups excluding tert-OH is 1. The van der Waals surface area contributed by atoms with E-state index < -0.39 is 0 Å². The Morgan fingerprint density at radius 2 is 2.24 bits per heavy atom. The second-order valence-corrected chi connectivity index (χ2v) is 6.07. The minimum absolute atomic E-state index is 0.126. The summed E-state index contributed by atoms with van der Waals surface area (Å²) in [4.78, 5) is 14.8. The zero-order valence-electron chi connectivity index (χ0n) is 12.5. The highest BCUT2D eigenvalue weighted by Gasteiger charge is 2.27. The normalized spacial score (nSPS) is 22.0. The van der Waals surface area contributed by atoms with Crippen molar-refractivity contribution in [2.75, 3.05) is 19.7 Å². The molecule has 1 aromatic rings. The summed E-state index contributed by atoms with van der Waals surface area (Å²) in [6, 6.07) is 6.32. The molecule has 4 nitrogen and oxygen atoms in total. The number of amides is 1. The highest BCUT2D eigenvalue weighted by atomic mass is 16.3. The fraction of sp³-hybridized carbons (Fsp3) is 0.588. The van der Waals surface area contributed by atoms with Crippen molar-refractivity contribution in [1.82, 2.24) is 10.2 Å². The van der Waals surface area contributed by atoms with Crippen LogP contribution in [0.15, 0.2) is 18.2 Å². The van der Waals surface area contributed by atoms with Crippen LogP contribution >= 0.6 is 0 Å². The number of rotatable bonds is 3. The standard InChI is InChI=1S/C17H24N2O2/c20-10-7-16-3-1-2-9-19(16)17(21)14-5-4-13-6-8-18-12-15(13)11-14/h4-5,11,16,18,20H,1-3,6-10,12H2. The van der Waals surface area contributed by atoms with E-state index >= 15 is 0 Å². The van der Waals surface area contributed by atoms with E-state index in [0.717, 1.165) is 50.9 Å². The molecule has 0 bridgehead atoms. The van der Waals surface area contributed by atoms with Crippen molar-refractivity contribution in [2.45, 2.75) is 44.7 Å². The summed E-state index contributed by atoms with van der Waals surface area (Å²) in [6.45, 7) is 2.85. The average molecular weight is 288 g/mol. The lowest BCUT2D eigenvalue weighted by Crippen LogP contribution is -2.44. The second kappa shape index (κ2) is 6.58. The van der Waals surface area contributed by atoms with Crippen molar-refractivity contribution >= 4 is 5.91 Å². The molecule has 1 fully saturated rings. The first-order valence-corrected chi connectivity index (χ1v) is 8.04. The maximum Gasteiger partial charge on any atom is 0.254 e. The summed E-state index contributed by atoms with van der Waals surface area (Å²) in [6.07, 6.45) is 4.97. The molecule has 2 aliphatic rings. The summed E-state index contributed by atoms with van der Waals surface area (Å²) >= 11 is 0. The Kier molecular flexibility index (Phi) is 4.56. The van der Waals surface area contributed by atoms with Gasteiger partial charge in [-0.3, -0.25) is 4.79 Å². The second-order valence-electron chi connectivity index (χ2n) is 6.07. The molecule has 2 heterocycles. The van der Waals surface area contributed by atoms with Crippen LogP contribution < -0.4 is 5.32 Å². The van der Waals surface area contributed by atoms with Crippen molar-refractivity contribution in [2.24, 2.45) is 0 Å². The summed E-state index contributed by atoms with van der Waals surface area (Å²) in [5, 5.41) is 12.6. The predicted molar refractivity (Wildman–Crippen MR) is 82.2 cm³/mol. The lowest BCUT2D eigenvalue weighted by atomic mass is 9.95. The summed E-state index contributed by atoms with van der Waals surface area (Å²) < 4.78 is 0. The maximum absolute atomic E-state index is 12.8. The molecule has 1 atom stereocenters. The molecule has 1 amide bonds. The molecule has 2 N–H and O–H groups in total. The Bertz CT molecular complexity index is 514. The number of nitrogens with one attached hydrogen (secondary N) is 1. The van der Waals surface area contributed by atoms with E-state index in [0.29, 0.717) is 6.42 Å². The van der Waals surface area contributed by atoms with Gasteiger partial charge in [0.2, 0.25) is 0 Å². The van der Waals surface area contributed by atoms with E-state index in [1.54, 1.807) is 0 Å². The number of carbonyl (C=O) groups is 1. The molecular formula is C17H24N2O2. The van der Waals surface area contributed by atoms with Crippen molar-refractivity contribution < 1.29 is 9.90 Å². The van der Waals surface area contributed by atoms with Gasteiger partial charge in [0.05, 0.1) is 0 Å². The smallest absolute Gasteiger partial charge is 0.254 e. The topological polar surface area (TPSA) is 52.6 Å². The first-order valence-electron chi connectivity index (χ1n) is 8.04. The van der Waals surface area contributed by atoms with Crippen LogP contribution in [0.1, 0.15) is 47.2 Å². The molecule has 1 unspecified atom stereocenters. The van der Waals surface area contributed by atoms with E-state index in [4.69, 9.17) is 0 Å². The third kappa shape index (κ3) is 3.11. The van der Waals surface area contributed by atoms with Crippen LogP contribution in [-0.2, 0) is 13.0 Å². The van der Waals surface area contributed by atoms with Crippen LogP contribution in [0.4, 0.5) is 0 Å². The minimum Gasteiger partial charge on any atom is -0.396 e. The van der Waals surface area contributed by atoms with E-state index in [1.807, 2.05) is 11.0 Å². The Labute approximate surface area is 126 Å². The van der Waals surface area contributed by atoms with Crippen LogP contribution in [0.3, 0.4) is 0 Å². The number of nitrogens with zero attached hydrogens (tertiary/aromatic N) is 1. The molecule has 0 saturated carbocycles. The van der Waals surface area contributed by atoms with Crippen molar-refractivity contribution in [1.29, 1.82) is 0 Å². The first kappa shape index (κ1) is 14.5. The van der Waals surface area contributed by atoms with Crippen LogP contribution in [0.5, 0.6) is 0 Å². The lowest BCUT2D eigenvalue weighted by Gasteiger charge is -2.36. The summed E-state index contributed by atoms with van der Waals surface area (Å²) in [5.41, 5.74) is 3.40. The molecule has 0 aliphatic carbocycles. The number of hydrogen-bond donors (Lipinski definition) is 2. The Hall–Kier alpha value is -1.39. The van der Waals surface area contributed by atoms with Gasteiger partial charge in [-0.2, -0.15) is 0 Å². The van der Waals surface area contributed by atoms with Gasteiger partial charge in [-0.15, -0.1) is 0 Å². The van der Waals surface area contributed by atoms with E-state index in [1.165, 1.54) is 11.1 Å². The maximum atomic E-state index is 12.8. The Morgan fingerprint density at radius 1 is 1.33 bits per heavy atom. The fourth-order valence-electron chi connectivity index (χ4n) is 3.50. The van der Waals surface area contributed by atoms with Gasteiger partial charge >= 0.3 is 0 Å². The number of hydrogen-bond acceptors (Lipinski definition) is 3. The monoisotopic (exact) mass is 288 g/mol. The minimum atomic E-state index is 0.126. The van der Waals surface area contributed by atoms with Gasteiger partial charge < -0.3 is 15.3 Å². The molecule has 114 valence electrons. The molecule has 4 heteroatoms. The molecule has 2 aliphatic heterocycles. The van der Waals surface area contributed by atoms with Crippen LogP contribution in [0.25, 0.3) is 0 Å².